The summed E-state index contributed by atoms with van der Waals surface area (Å²) in [7, 11) is -3.06. The van der Waals surface area contributed by atoms with E-state index in [1.807, 2.05) is 0 Å². The first-order chi connectivity index (χ1) is 9.41. The molecule has 1 saturated carbocycles. The lowest BCUT2D eigenvalue weighted by molar-refractivity contribution is 0.149. The van der Waals surface area contributed by atoms with Crippen molar-refractivity contribution in [1.29, 1.82) is 0 Å². The molecule has 0 spiro atoms. The first-order valence-electron chi connectivity index (χ1n) is 6.60. The molecule has 1 fully saturated rings. The number of halogens is 2. The topological polar surface area (TPSA) is 43.4 Å². The third kappa shape index (κ3) is 3.73. The minimum atomic E-state index is -3.06. The van der Waals surface area contributed by atoms with E-state index in [0.29, 0.717) is 18.2 Å². The first-order valence-corrected chi connectivity index (χ1v) is 9.68. The van der Waals surface area contributed by atoms with Crippen molar-refractivity contribution in [1.82, 2.24) is 0 Å². The van der Waals surface area contributed by atoms with E-state index in [4.69, 9.17) is 4.74 Å². The number of sulfone groups is 1. The third-order valence-electron chi connectivity index (χ3n) is 3.66. The highest BCUT2D eigenvalue weighted by Gasteiger charge is 2.30. The molecule has 0 saturated heterocycles. The molecule has 2 rings (SSSR count). The Balaban J connectivity index is 2.14. The van der Waals surface area contributed by atoms with Crippen LogP contribution in [0.4, 0.5) is 4.39 Å². The van der Waals surface area contributed by atoms with E-state index in [0.717, 1.165) is 18.4 Å². The Bertz CT molecular complexity index is 574. The van der Waals surface area contributed by atoms with Crippen molar-refractivity contribution < 1.29 is 17.5 Å². The Morgan fingerprint density at radius 3 is 2.80 bits per heavy atom. The minimum Gasteiger partial charge on any atom is -0.487 e. The molecule has 0 amide bonds. The SMILES string of the molecule is CS(=O)(=O)C1CCCC(Oc2c(F)cccc2CBr)C1. The summed E-state index contributed by atoms with van der Waals surface area (Å²) in [4.78, 5) is 0. The first kappa shape index (κ1) is 15.8. The lowest BCUT2D eigenvalue weighted by Crippen LogP contribution is -2.33. The summed E-state index contributed by atoms with van der Waals surface area (Å²) in [5.74, 6) is -0.160. The van der Waals surface area contributed by atoms with Gasteiger partial charge in [-0.3, -0.25) is 0 Å². The molecule has 1 aliphatic carbocycles. The van der Waals surface area contributed by atoms with Gasteiger partial charge in [-0.25, -0.2) is 12.8 Å². The van der Waals surface area contributed by atoms with Crippen molar-refractivity contribution in [2.75, 3.05) is 6.26 Å². The second-order valence-electron chi connectivity index (χ2n) is 5.22. The van der Waals surface area contributed by atoms with E-state index < -0.39 is 15.7 Å². The summed E-state index contributed by atoms with van der Waals surface area (Å²) in [6.45, 7) is 0. The smallest absolute Gasteiger partial charge is 0.165 e. The van der Waals surface area contributed by atoms with Gasteiger partial charge in [0.25, 0.3) is 0 Å². The van der Waals surface area contributed by atoms with Crippen LogP contribution in [0, 0.1) is 5.82 Å². The van der Waals surface area contributed by atoms with E-state index in [9.17, 15) is 12.8 Å². The Hall–Kier alpha value is -0.620. The fourth-order valence-electron chi connectivity index (χ4n) is 2.56. The fourth-order valence-corrected chi connectivity index (χ4v) is 4.16. The number of alkyl halides is 1. The molecule has 20 heavy (non-hydrogen) atoms. The molecule has 2 unspecified atom stereocenters. The van der Waals surface area contributed by atoms with Gasteiger partial charge in [0.2, 0.25) is 0 Å². The van der Waals surface area contributed by atoms with Crippen LogP contribution in [0.1, 0.15) is 31.2 Å². The van der Waals surface area contributed by atoms with Gasteiger partial charge in [-0.15, -0.1) is 0 Å². The predicted octanol–water partition coefficient (Wildman–Crippen LogP) is 3.46. The maximum Gasteiger partial charge on any atom is 0.165 e. The second-order valence-corrected chi connectivity index (χ2v) is 8.11. The Labute approximate surface area is 127 Å². The molecule has 0 bridgehead atoms. The van der Waals surface area contributed by atoms with Gasteiger partial charge in [-0.1, -0.05) is 28.1 Å². The number of para-hydroxylation sites is 1. The summed E-state index contributed by atoms with van der Waals surface area (Å²) in [5, 5.41) is 0.128. The van der Waals surface area contributed by atoms with Crippen LogP contribution in [-0.4, -0.2) is 26.0 Å². The summed E-state index contributed by atoms with van der Waals surface area (Å²) in [5.41, 5.74) is 0.742. The van der Waals surface area contributed by atoms with Crippen molar-refractivity contribution in [2.45, 2.75) is 42.4 Å². The van der Waals surface area contributed by atoms with Gasteiger partial charge in [-0.05, 0) is 25.3 Å². The summed E-state index contributed by atoms with van der Waals surface area (Å²) < 4.78 is 42.9. The minimum absolute atomic E-state index is 0.238. The van der Waals surface area contributed by atoms with Crippen molar-refractivity contribution in [3.8, 4) is 5.75 Å². The summed E-state index contributed by atoms with van der Waals surface area (Å²) in [6.07, 6.45) is 3.68. The molecular weight excluding hydrogens is 347 g/mol. The van der Waals surface area contributed by atoms with E-state index in [2.05, 4.69) is 15.9 Å². The van der Waals surface area contributed by atoms with Crippen LogP contribution in [-0.2, 0) is 15.2 Å². The normalized spacial score (nSPS) is 23.6. The van der Waals surface area contributed by atoms with Gasteiger partial charge in [0.05, 0.1) is 5.25 Å². The van der Waals surface area contributed by atoms with E-state index >= 15 is 0 Å². The molecule has 6 heteroatoms. The van der Waals surface area contributed by atoms with Crippen molar-refractivity contribution >= 4 is 25.8 Å². The third-order valence-corrected chi connectivity index (χ3v) is 5.90. The van der Waals surface area contributed by atoms with Gasteiger partial charge < -0.3 is 4.74 Å². The molecule has 112 valence electrons. The highest BCUT2D eigenvalue weighted by Crippen LogP contribution is 2.31. The molecule has 1 aromatic carbocycles. The molecule has 3 nitrogen and oxygen atoms in total. The van der Waals surface area contributed by atoms with Crippen molar-refractivity contribution in [3.05, 3.63) is 29.6 Å². The van der Waals surface area contributed by atoms with Gasteiger partial charge in [0, 0.05) is 23.6 Å². The quantitative estimate of drug-likeness (QED) is 0.768. The van der Waals surface area contributed by atoms with Crippen molar-refractivity contribution in [2.24, 2.45) is 0 Å². The van der Waals surface area contributed by atoms with Crippen LogP contribution in [0.2, 0.25) is 0 Å². The largest absolute Gasteiger partial charge is 0.487 e. The maximum atomic E-state index is 13.9. The zero-order chi connectivity index (χ0) is 14.8. The van der Waals surface area contributed by atoms with Crippen LogP contribution in [0.15, 0.2) is 18.2 Å². The summed E-state index contributed by atoms with van der Waals surface area (Å²) >= 11 is 3.31. The highest BCUT2D eigenvalue weighted by molar-refractivity contribution is 9.08. The average molecular weight is 365 g/mol. The monoisotopic (exact) mass is 364 g/mol. The fraction of sp³-hybridized carbons (Fsp3) is 0.571. The molecule has 0 aromatic heterocycles. The highest BCUT2D eigenvalue weighted by atomic mass is 79.9. The van der Waals surface area contributed by atoms with E-state index in [1.54, 1.807) is 12.1 Å². The Morgan fingerprint density at radius 1 is 1.40 bits per heavy atom. The number of hydrogen-bond acceptors (Lipinski definition) is 3. The number of rotatable bonds is 4. The molecule has 0 aliphatic heterocycles. The average Bonchev–Trinajstić information content (AvgIpc) is 2.40. The lowest BCUT2D eigenvalue weighted by Gasteiger charge is -2.29. The van der Waals surface area contributed by atoms with Crippen LogP contribution in [0.3, 0.4) is 0 Å². The number of hydrogen-bond donors (Lipinski definition) is 0. The lowest BCUT2D eigenvalue weighted by atomic mass is 9.97. The van der Waals surface area contributed by atoms with Gasteiger partial charge in [0.15, 0.2) is 11.6 Å². The molecule has 2 atom stereocenters. The van der Waals surface area contributed by atoms with E-state index in [-0.39, 0.29) is 17.1 Å². The van der Waals surface area contributed by atoms with Crippen LogP contribution in [0.5, 0.6) is 5.75 Å². The van der Waals surface area contributed by atoms with Gasteiger partial charge >= 0.3 is 0 Å². The van der Waals surface area contributed by atoms with E-state index in [1.165, 1.54) is 12.3 Å². The van der Waals surface area contributed by atoms with Gasteiger partial charge in [-0.2, -0.15) is 0 Å². The Morgan fingerprint density at radius 2 is 2.15 bits per heavy atom. The molecular formula is C14H18BrFO3S. The Kier molecular flexibility index (Phi) is 5.07. The summed E-state index contributed by atoms with van der Waals surface area (Å²) in [6, 6.07) is 4.79. The van der Waals surface area contributed by atoms with Crippen molar-refractivity contribution in [3.63, 3.8) is 0 Å². The molecule has 0 N–H and O–H groups in total. The van der Waals surface area contributed by atoms with Crippen LogP contribution < -0.4 is 4.74 Å². The van der Waals surface area contributed by atoms with Crippen LogP contribution >= 0.6 is 15.9 Å². The number of ether oxygens (including phenoxy) is 1. The predicted molar refractivity (Wildman–Crippen MR) is 80.5 cm³/mol. The number of benzene rings is 1. The zero-order valence-corrected chi connectivity index (χ0v) is 13.7. The molecule has 0 radical (unpaired) electrons. The molecule has 0 heterocycles. The molecule has 1 aromatic rings. The van der Waals surface area contributed by atoms with Gasteiger partial charge in [0.1, 0.15) is 15.9 Å². The standard InChI is InChI=1S/C14H18BrFO3S/c1-20(17,18)12-6-3-5-11(8-12)19-14-10(9-15)4-2-7-13(14)16/h2,4,7,11-12H,3,5-6,8-9H2,1H3. The van der Waals surface area contributed by atoms with Crippen LogP contribution in [0.25, 0.3) is 0 Å². The second kappa shape index (κ2) is 6.43. The molecule has 1 aliphatic rings. The zero-order valence-electron chi connectivity index (χ0n) is 11.3. The maximum absolute atomic E-state index is 13.9.